The molecule has 1 unspecified atom stereocenters. The molecular formula is C26H29NO3. The first-order valence-electron chi connectivity index (χ1n) is 10.4. The highest BCUT2D eigenvalue weighted by Gasteiger charge is 2.22. The van der Waals surface area contributed by atoms with Crippen LogP contribution in [0.25, 0.3) is 0 Å². The normalized spacial score (nSPS) is 15.4. The zero-order valence-electron chi connectivity index (χ0n) is 17.9. The van der Waals surface area contributed by atoms with Gasteiger partial charge in [0.25, 0.3) is 0 Å². The van der Waals surface area contributed by atoms with Crippen molar-refractivity contribution in [3.63, 3.8) is 0 Å². The van der Waals surface area contributed by atoms with E-state index >= 15 is 0 Å². The van der Waals surface area contributed by atoms with Gasteiger partial charge in [-0.3, -0.25) is 0 Å². The summed E-state index contributed by atoms with van der Waals surface area (Å²) in [4.78, 5) is 0. The predicted molar refractivity (Wildman–Crippen MR) is 120 cm³/mol. The number of rotatable bonds is 7. The standard InChI is InChI=1S/C26H29NO3/c1-18-13-25(29-3)26(30-17-19-7-5-4-6-8-19)16-21(18)15-24-23-10-9-22(28-2)14-20(23)11-12-27-24/h4-10,13-14,16,24,27H,11-12,15,17H2,1-3H3. The van der Waals surface area contributed by atoms with Crippen molar-refractivity contribution in [2.45, 2.75) is 32.4 Å². The summed E-state index contributed by atoms with van der Waals surface area (Å²) in [5.74, 6) is 2.48. The summed E-state index contributed by atoms with van der Waals surface area (Å²) in [5, 5.41) is 3.68. The number of aryl methyl sites for hydroxylation is 1. The molecule has 1 N–H and O–H groups in total. The van der Waals surface area contributed by atoms with E-state index < -0.39 is 0 Å². The molecule has 0 amide bonds. The Labute approximate surface area is 178 Å². The third kappa shape index (κ3) is 4.44. The Balaban J connectivity index is 1.57. The van der Waals surface area contributed by atoms with Gasteiger partial charge in [0.05, 0.1) is 14.2 Å². The molecule has 0 bridgehead atoms. The quantitative estimate of drug-likeness (QED) is 0.601. The third-order valence-corrected chi connectivity index (χ3v) is 5.79. The van der Waals surface area contributed by atoms with Gasteiger partial charge < -0.3 is 19.5 Å². The SMILES string of the molecule is COc1ccc2c(c1)CCNC2Cc1cc(OCc2ccccc2)c(OC)cc1C. The van der Waals surface area contributed by atoms with Crippen LogP contribution in [0.1, 0.15) is 33.9 Å². The summed E-state index contributed by atoms with van der Waals surface area (Å²) in [6, 6.07) is 21.1. The maximum atomic E-state index is 6.14. The Hall–Kier alpha value is -2.98. The zero-order valence-corrected chi connectivity index (χ0v) is 17.9. The van der Waals surface area contributed by atoms with Gasteiger partial charge in [-0.1, -0.05) is 36.4 Å². The average molecular weight is 404 g/mol. The topological polar surface area (TPSA) is 39.7 Å². The molecule has 4 heteroatoms. The van der Waals surface area contributed by atoms with Gasteiger partial charge in [-0.05, 0) is 78.4 Å². The number of benzene rings is 3. The molecule has 1 heterocycles. The molecule has 4 nitrogen and oxygen atoms in total. The predicted octanol–water partition coefficient (Wildman–Crippen LogP) is 5.02. The van der Waals surface area contributed by atoms with E-state index in [9.17, 15) is 0 Å². The molecule has 1 aliphatic rings. The minimum absolute atomic E-state index is 0.272. The minimum atomic E-state index is 0.272. The Morgan fingerprint density at radius 1 is 0.933 bits per heavy atom. The Kier molecular flexibility index (Phi) is 6.24. The van der Waals surface area contributed by atoms with Gasteiger partial charge in [0.15, 0.2) is 11.5 Å². The lowest BCUT2D eigenvalue weighted by molar-refractivity contribution is 0.284. The molecule has 1 aliphatic heterocycles. The number of hydrogen-bond donors (Lipinski definition) is 1. The minimum Gasteiger partial charge on any atom is -0.497 e. The van der Waals surface area contributed by atoms with Gasteiger partial charge in [0.1, 0.15) is 12.4 Å². The van der Waals surface area contributed by atoms with Crippen LogP contribution in [0.15, 0.2) is 60.7 Å². The first-order valence-corrected chi connectivity index (χ1v) is 10.4. The molecular weight excluding hydrogens is 374 g/mol. The Morgan fingerprint density at radius 3 is 2.53 bits per heavy atom. The van der Waals surface area contributed by atoms with Crippen molar-refractivity contribution >= 4 is 0 Å². The highest BCUT2D eigenvalue weighted by Crippen LogP contribution is 2.35. The summed E-state index contributed by atoms with van der Waals surface area (Å²) in [6.45, 7) is 3.62. The average Bonchev–Trinajstić information content (AvgIpc) is 2.79. The molecule has 0 saturated carbocycles. The molecule has 0 aliphatic carbocycles. The molecule has 1 atom stereocenters. The van der Waals surface area contributed by atoms with Gasteiger partial charge in [-0.25, -0.2) is 0 Å². The molecule has 0 saturated heterocycles. The van der Waals surface area contributed by atoms with E-state index in [0.29, 0.717) is 6.61 Å². The molecule has 4 rings (SSSR count). The highest BCUT2D eigenvalue weighted by molar-refractivity contribution is 5.48. The van der Waals surface area contributed by atoms with Crippen LogP contribution in [0.2, 0.25) is 0 Å². The van der Waals surface area contributed by atoms with Crippen molar-refractivity contribution < 1.29 is 14.2 Å². The maximum Gasteiger partial charge on any atom is 0.161 e. The van der Waals surface area contributed by atoms with Crippen molar-refractivity contribution in [2.24, 2.45) is 0 Å². The van der Waals surface area contributed by atoms with Crippen LogP contribution in [0.3, 0.4) is 0 Å². The fourth-order valence-corrected chi connectivity index (χ4v) is 4.09. The first kappa shape index (κ1) is 20.3. The summed E-state index contributed by atoms with van der Waals surface area (Å²) in [5.41, 5.74) is 6.33. The molecule has 0 radical (unpaired) electrons. The van der Waals surface area contributed by atoms with Crippen molar-refractivity contribution in [3.05, 3.63) is 88.5 Å². The lowest BCUT2D eigenvalue weighted by atomic mass is 9.89. The number of hydrogen-bond acceptors (Lipinski definition) is 4. The van der Waals surface area contributed by atoms with E-state index in [4.69, 9.17) is 14.2 Å². The number of fused-ring (bicyclic) bond motifs is 1. The summed E-state index contributed by atoms with van der Waals surface area (Å²) >= 11 is 0. The first-order chi connectivity index (χ1) is 14.7. The van der Waals surface area contributed by atoms with Gasteiger partial charge in [0.2, 0.25) is 0 Å². The maximum absolute atomic E-state index is 6.14. The molecule has 0 aromatic heterocycles. The molecule has 30 heavy (non-hydrogen) atoms. The second-order valence-electron chi connectivity index (χ2n) is 7.73. The van der Waals surface area contributed by atoms with Crippen molar-refractivity contribution in [3.8, 4) is 17.2 Å². The zero-order chi connectivity index (χ0) is 20.9. The van der Waals surface area contributed by atoms with E-state index in [1.807, 2.05) is 24.3 Å². The molecule has 156 valence electrons. The number of nitrogens with one attached hydrogen (secondary N) is 1. The van der Waals surface area contributed by atoms with Crippen LogP contribution < -0.4 is 19.5 Å². The van der Waals surface area contributed by atoms with Crippen molar-refractivity contribution in [1.82, 2.24) is 5.32 Å². The van der Waals surface area contributed by atoms with Crippen molar-refractivity contribution in [2.75, 3.05) is 20.8 Å². The van der Waals surface area contributed by atoms with Crippen LogP contribution in [-0.2, 0) is 19.4 Å². The number of ether oxygens (including phenoxy) is 3. The monoisotopic (exact) mass is 403 g/mol. The Morgan fingerprint density at radius 2 is 1.77 bits per heavy atom. The summed E-state index contributed by atoms with van der Waals surface area (Å²) in [7, 11) is 3.41. The molecule has 3 aromatic carbocycles. The Bertz CT molecular complexity index is 1000. The highest BCUT2D eigenvalue weighted by atomic mass is 16.5. The van der Waals surface area contributed by atoms with Crippen molar-refractivity contribution in [1.29, 1.82) is 0 Å². The van der Waals surface area contributed by atoms with Crippen LogP contribution in [0, 0.1) is 6.92 Å². The number of methoxy groups -OCH3 is 2. The van der Waals surface area contributed by atoms with Crippen LogP contribution >= 0.6 is 0 Å². The van der Waals surface area contributed by atoms with Gasteiger partial charge in [-0.15, -0.1) is 0 Å². The van der Waals surface area contributed by atoms with E-state index in [0.717, 1.165) is 42.2 Å². The van der Waals surface area contributed by atoms with Crippen LogP contribution in [0.4, 0.5) is 0 Å². The second-order valence-corrected chi connectivity index (χ2v) is 7.73. The van der Waals surface area contributed by atoms with Gasteiger partial charge in [-0.2, -0.15) is 0 Å². The van der Waals surface area contributed by atoms with Crippen LogP contribution in [0.5, 0.6) is 17.2 Å². The molecule has 0 spiro atoms. The second kappa shape index (κ2) is 9.23. The molecule has 0 fully saturated rings. The summed E-state index contributed by atoms with van der Waals surface area (Å²) in [6.07, 6.45) is 1.92. The van der Waals surface area contributed by atoms with E-state index in [2.05, 4.69) is 48.6 Å². The lowest BCUT2D eigenvalue weighted by Gasteiger charge is -2.28. The van der Waals surface area contributed by atoms with Crippen LogP contribution in [-0.4, -0.2) is 20.8 Å². The fraction of sp³-hybridized carbons (Fsp3) is 0.308. The van der Waals surface area contributed by atoms with E-state index in [-0.39, 0.29) is 6.04 Å². The summed E-state index contributed by atoms with van der Waals surface area (Å²) < 4.78 is 17.1. The fourth-order valence-electron chi connectivity index (χ4n) is 4.09. The van der Waals surface area contributed by atoms with Gasteiger partial charge in [0, 0.05) is 6.04 Å². The van der Waals surface area contributed by atoms with E-state index in [1.165, 1.54) is 22.3 Å². The smallest absolute Gasteiger partial charge is 0.161 e. The largest absolute Gasteiger partial charge is 0.497 e. The third-order valence-electron chi connectivity index (χ3n) is 5.79. The van der Waals surface area contributed by atoms with Gasteiger partial charge >= 0.3 is 0 Å². The lowest BCUT2D eigenvalue weighted by Crippen LogP contribution is -2.31. The van der Waals surface area contributed by atoms with E-state index in [1.54, 1.807) is 14.2 Å². The molecule has 3 aromatic rings.